The Labute approximate surface area is 230 Å². The number of amides is 2. The number of likely N-dealkylation sites (tertiary alicyclic amines) is 1. The second kappa shape index (κ2) is 10.6. The molecule has 0 saturated carbocycles. The van der Waals surface area contributed by atoms with Gasteiger partial charge in [-0.25, -0.2) is 4.98 Å². The molecule has 0 atom stereocenters. The number of hydrogen-bond acceptors (Lipinski definition) is 5. The number of nitrogens with one attached hydrogen (secondary N) is 2. The minimum Gasteiger partial charge on any atom is -0.339 e. The van der Waals surface area contributed by atoms with Crippen molar-refractivity contribution in [3.63, 3.8) is 0 Å². The maximum absolute atomic E-state index is 13.4. The van der Waals surface area contributed by atoms with E-state index in [4.69, 9.17) is 4.98 Å². The van der Waals surface area contributed by atoms with E-state index in [1.54, 1.807) is 23.5 Å². The highest BCUT2D eigenvalue weighted by Gasteiger charge is 2.29. The number of pyridine rings is 2. The zero-order valence-corrected chi connectivity index (χ0v) is 22.0. The maximum atomic E-state index is 13.4. The Morgan fingerprint density at radius 3 is 2.50 bits per heavy atom. The summed E-state index contributed by atoms with van der Waals surface area (Å²) < 4.78 is 1.89. The molecule has 2 aromatic carbocycles. The lowest BCUT2D eigenvalue weighted by molar-refractivity contribution is 0.0712. The summed E-state index contributed by atoms with van der Waals surface area (Å²) in [5.74, 6) is -0.342. The summed E-state index contributed by atoms with van der Waals surface area (Å²) in [7, 11) is 0. The van der Waals surface area contributed by atoms with Gasteiger partial charge in [-0.1, -0.05) is 18.2 Å². The largest absolute Gasteiger partial charge is 0.339 e. The van der Waals surface area contributed by atoms with Crippen molar-refractivity contribution in [2.75, 3.05) is 18.4 Å². The van der Waals surface area contributed by atoms with E-state index < -0.39 is 0 Å². The number of carbonyl (C=O) groups is 2. The number of aromatic amines is 1. The molecular weight excluding hydrogens is 504 g/mol. The highest BCUT2D eigenvalue weighted by molar-refractivity contribution is 6.06. The van der Waals surface area contributed by atoms with Crippen LogP contribution in [0.1, 0.15) is 50.9 Å². The smallest absolute Gasteiger partial charge is 0.257 e. The number of aromatic nitrogens is 4. The number of anilines is 1. The van der Waals surface area contributed by atoms with Crippen molar-refractivity contribution in [3.05, 3.63) is 118 Å². The molecule has 4 heterocycles. The van der Waals surface area contributed by atoms with E-state index in [0.717, 1.165) is 22.5 Å². The number of H-pyrrole nitrogens is 1. The van der Waals surface area contributed by atoms with E-state index in [-0.39, 0.29) is 23.3 Å². The van der Waals surface area contributed by atoms with Crippen molar-refractivity contribution >= 4 is 28.4 Å². The first-order valence-corrected chi connectivity index (χ1v) is 13.2. The highest BCUT2D eigenvalue weighted by atomic mass is 16.2. The van der Waals surface area contributed by atoms with Gasteiger partial charge >= 0.3 is 0 Å². The number of nitrogens with zero attached hydrogens (tertiary/aromatic N) is 4. The third kappa shape index (κ3) is 5.01. The van der Waals surface area contributed by atoms with Crippen LogP contribution in [0.25, 0.3) is 16.6 Å². The molecule has 0 aliphatic carbocycles. The molecule has 1 aliphatic rings. The van der Waals surface area contributed by atoms with Gasteiger partial charge in [0.25, 0.3) is 11.8 Å². The minimum absolute atomic E-state index is 0.0317. The number of aryl methyl sites for hydroxylation is 1. The van der Waals surface area contributed by atoms with Crippen LogP contribution in [-0.4, -0.2) is 49.3 Å². The SMILES string of the molecule is Cc1ccc(C(=O)Nc2ccc(-n3ccnc3)cc2)c(C2CCN(C(=O)c3cc(=O)[nH]c4ccccc34)CC2)n1. The average molecular weight is 533 g/mol. The molecule has 0 radical (unpaired) electrons. The van der Waals surface area contributed by atoms with Crippen molar-refractivity contribution in [1.82, 2.24) is 24.4 Å². The van der Waals surface area contributed by atoms with Crippen molar-refractivity contribution in [2.24, 2.45) is 0 Å². The first-order chi connectivity index (χ1) is 19.5. The van der Waals surface area contributed by atoms with Gasteiger partial charge in [-0.05, 0) is 62.2 Å². The number of imidazole rings is 1. The monoisotopic (exact) mass is 532 g/mol. The fourth-order valence-corrected chi connectivity index (χ4v) is 5.32. The zero-order valence-electron chi connectivity index (χ0n) is 22.0. The second-order valence-electron chi connectivity index (χ2n) is 10.0. The van der Waals surface area contributed by atoms with E-state index in [0.29, 0.717) is 48.3 Å². The standard InChI is InChI=1S/C31H28N6O3/c1-20-6-11-25(30(39)34-22-7-9-23(10-8-22)37-17-14-32-19-37)29(33-20)21-12-15-36(16-13-21)31(40)26-18-28(38)35-27-5-3-2-4-24(26)27/h2-11,14,17-19,21H,12-13,15-16H2,1H3,(H,34,39)(H,35,38). The normalized spacial score (nSPS) is 13.9. The summed E-state index contributed by atoms with van der Waals surface area (Å²) in [4.78, 5) is 52.4. The summed E-state index contributed by atoms with van der Waals surface area (Å²) in [5.41, 5.74) is 4.51. The van der Waals surface area contributed by atoms with Crippen LogP contribution in [0.5, 0.6) is 0 Å². The van der Waals surface area contributed by atoms with Crippen LogP contribution in [0.3, 0.4) is 0 Å². The molecule has 40 heavy (non-hydrogen) atoms. The molecule has 5 aromatic rings. The number of benzene rings is 2. The topological polar surface area (TPSA) is 113 Å². The van der Waals surface area contributed by atoms with Crippen LogP contribution >= 0.6 is 0 Å². The number of para-hydroxylation sites is 1. The molecule has 2 N–H and O–H groups in total. The van der Waals surface area contributed by atoms with Gasteiger partial charge in [-0.2, -0.15) is 0 Å². The van der Waals surface area contributed by atoms with Gasteiger partial charge in [0.1, 0.15) is 0 Å². The van der Waals surface area contributed by atoms with Crippen LogP contribution < -0.4 is 10.9 Å². The van der Waals surface area contributed by atoms with E-state index >= 15 is 0 Å². The predicted octanol–water partition coefficient (Wildman–Crippen LogP) is 4.69. The van der Waals surface area contributed by atoms with Gasteiger partial charge in [-0.15, -0.1) is 0 Å². The Balaban J connectivity index is 1.17. The molecule has 0 spiro atoms. The fraction of sp³-hybridized carbons (Fsp3) is 0.194. The van der Waals surface area contributed by atoms with Crippen molar-refractivity contribution < 1.29 is 9.59 Å². The Morgan fingerprint density at radius 2 is 1.75 bits per heavy atom. The molecule has 1 saturated heterocycles. The summed E-state index contributed by atoms with van der Waals surface area (Å²) in [6, 6.07) is 19.9. The van der Waals surface area contributed by atoms with Gasteiger partial charge in [-0.3, -0.25) is 19.4 Å². The number of carbonyl (C=O) groups excluding carboxylic acids is 2. The zero-order chi connectivity index (χ0) is 27.6. The molecule has 6 rings (SSSR count). The van der Waals surface area contributed by atoms with E-state index in [9.17, 15) is 14.4 Å². The molecule has 2 amide bonds. The summed E-state index contributed by atoms with van der Waals surface area (Å²) >= 11 is 0. The third-order valence-corrected chi connectivity index (χ3v) is 7.39. The first kappa shape index (κ1) is 25.2. The molecule has 200 valence electrons. The quantitative estimate of drug-likeness (QED) is 0.341. The highest BCUT2D eigenvalue weighted by Crippen LogP contribution is 2.31. The van der Waals surface area contributed by atoms with Crippen LogP contribution in [-0.2, 0) is 0 Å². The van der Waals surface area contributed by atoms with Gasteiger partial charge in [0, 0.05) is 65.4 Å². The van der Waals surface area contributed by atoms with Crippen LogP contribution in [0.4, 0.5) is 5.69 Å². The summed E-state index contributed by atoms with van der Waals surface area (Å²) in [5, 5.41) is 3.73. The Morgan fingerprint density at radius 1 is 0.975 bits per heavy atom. The number of fused-ring (bicyclic) bond motifs is 1. The number of hydrogen-bond donors (Lipinski definition) is 2. The van der Waals surface area contributed by atoms with Crippen LogP contribution in [0.15, 0.2) is 90.2 Å². The molecule has 1 fully saturated rings. The maximum Gasteiger partial charge on any atom is 0.257 e. The Kier molecular flexibility index (Phi) is 6.69. The average Bonchev–Trinajstić information content (AvgIpc) is 3.52. The van der Waals surface area contributed by atoms with Gasteiger partial charge in [0.15, 0.2) is 0 Å². The molecule has 9 heteroatoms. The van der Waals surface area contributed by atoms with E-state index in [1.165, 1.54) is 6.07 Å². The van der Waals surface area contributed by atoms with Crippen molar-refractivity contribution in [1.29, 1.82) is 0 Å². The molecule has 3 aromatic heterocycles. The van der Waals surface area contributed by atoms with Gasteiger partial charge < -0.3 is 19.8 Å². The third-order valence-electron chi connectivity index (χ3n) is 7.39. The Bertz CT molecular complexity index is 1750. The summed E-state index contributed by atoms with van der Waals surface area (Å²) in [6.07, 6.45) is 6.63. The molecule has 0 unspecified atom stereocenters. The van der Waals surface area contributed by atoms with Crippen molar-refractivity contribution in [2.45, 2.75) is 25.7 Å². The fourth-order valence-electron chi connectivity index (χ4n) is 5.32. The van der Waals surface area contributed by atoms with E-state index in [2.05, 4.69) is 15.3 Å². The number of piperidine rings is 1. The number of rotatable bonds is 5. The van der Waals surface area contributed by atoms with Crippen molar-refractivity contribution in [3.8, 4) is 5.69 Å². The predicted molar refractivity (Wildman–Crippen MR) is 153 cm³/mol. The van der Waals surface area contributed by atoms with Crippen LogP contribution in [0, 0.1) is 6.92 Å². The minimum atomic E-state index is -0.298. The lowest BCUT2D eigenvalue weighted by Gasteiger charge is -2.32. The lowest BCUT2D eigenvalue weighted by atomic mass is 9.89. The molecular formula is C31H28N6O3. The molecule has 9 nitrogen and oxygen atoms in total. The molecule has 1 aliphatic heterocycles. The molecule has 0 bridgehead atoms. The van der Waals surface area contributed by atoms with Crippen LogP contribution in [0.2, 0.25) is 0 Å². The van der Waals surface area contributed by atoms with Gasteiger partial charge in [0.05, 0.1) is 23.1 Å². The first-order valence-electron chi connectivity index (χ1n) is 13.2. The van der Waals surface area contributed by atoms with E-state index in [1.807, 2.05) is 72.3 Å². The lowest BCUT2D eigenvalue weighted by Crippen LogP contribution is -2.39. The summed E-state index contributed by atoms with van der Waals surface area (Å²) in [6.45, 7) is 2.94. The second-order valence-corrected chi connectivity index (χ2v) is 10.0. The van der Waals surface area contributed by atoms with Gasteiger partial charge in [0.2, 0.25) is 5.56 Å². The Hall–Kier alpha value is -5.05.